The van der Waals surface area contributed by atoms with Gasteiger partial charge in [-0.2, -0.15) is 0 Å². The average Bonchev–Trinajstić information content (AvgIpc) is 2.83. The fourth-order valence-electron chi connectivity index (χ4n) is 2.72. The fraction of sp³-hybridized carbons (Fsp3) is 0.615. The third-order valence-electron chi connectivity index (χ3n) is 3.64. The van der Waals surface area contributed by atoms with Crippen LogP contribution in [0.25, 0.3) is 0 Å². The first kappa shape index (κ1) is 14.5. The molecule has 20 heavy (non-hydrogen) atoms. The van der Waals surface area contributed by atoms with E-state index in [1.54, 1.807) is 0 Å². The Bertz CT molecular complexity index is 561. The number of nitrogen functional groups attached to an aromatic ring is 1. The van der Waals surface area contributed by atoms with Crippen LogP contribution in [-0.4, -0.2) is 27.7 Å². The summed E-state index contributed by atoms with van der Waals surface area (Å²) in [5.41, 5.74) is 4.64. The standard InChI is InChI=1S/C13H19N3O4/c1-2-20-13(5-3-4-6-13)12-15-10(14)8(7-9(17)18)11(19)16-12/h2-7H2,1H3,(H,17,18)(H3,14,15,16,19). The second kappa shape index (κ2) is 5.62. The average molecular weight is 281 g/mol. The summed E-state index contributed by atoms with van der Waals surface area (Å²) in [6, 6.07) is 0. The molecule has 0 unspecified atom stereocenters. The summed E-state index contributed by atoms with van der Waals surface area (Å²) in [6.45, 7) is 2.40. The number of nitrogens with two attached hydrogens (primary N) is 1. The van der Waals surface area contributed by atoms with Crippen molar-refractivity contribution in [3.05, 3.63) is 21.7 Å². The highest BCUT2D eigenvalue weighted by Crippen LogP contribution is 2.40. The molecule has 7 nitrogen and oxygen atoms in total. The van der Waals surface area contributed by atoms with Crippen LogP contribution in [0, 0.1) is 0 Å². The highest BCUT2D eigenvalue weighted by atomic mass is 16.5. The largest absolute Gasteiger partial charge is 0.481 e. The maximum atomic E-state index is 12.0. The topological polar surface area (TPSA) is 118 Å². The van der Waals surface area contributed by atoms with Crippen LogP contribution < -0.4 is 11.3 Å². The summed E-state index contributed by atoms with van der Waals surface area (Å²) < 4.78 is 5.80. The summed E-state index contributed by atoms with van der Waals surface area (Å²) in [4.78, 5) is 29.6. The molecule has 1 fully saturated rings. The molecule has 1 aromatic heterocycles. The predicted octanol–water partition coefficient (Wildman–Crippen LogP) is 0.785. The summed E-state index contributed by atoms with van der Waals surface area (Å²) in [5, 5.41) is 8.77. The monoisotopic (exact) mass is 281 g/mol. The maximum absolute atomic E-state index is 12.0. The van der Waals surface area contributed by atoms with Crippen LogP contribution >= 0.6 is 0 Å². The molecule has 0 saturated heterocycles. The number of aliphatic carboxylic acids is 1. The maximum Gasteiger partial charge on any atom is 0.308 e. The van der Waals surface area contributed by atoms with Crippen molar-refractivity contribution in [3.63, 3.8) is 0 Å². The molecular formula is C13H19N3O4. The molecule has 1 saturated carbocycles. The van der Waals surface area contributed by atoms with E-state index in [2.05, 4.69) is 9.97 Å². The zero-order valence-electron chi connectivity index (χ0n) is 11.4. The van der Waals surface area contributed by atoms with Crippen molar-refractivity contribution < 1.29 is 14.6 Å². The second-order valence-corrected chi connectivity index (χ2v) is 4.98. The Hall–Kier alpha value is -1.89. The lowest BCUT2D eigenvalue weighted by Crippen LogP contribution is -2.33. The van der Waals surface area contributed by atoms with Gasteiger partial charge in [0.15, 0.2) is 0 Å². The minimum absolute atomic E-state index is 0.00843. The van der Waals surface area contributed by atoms with Gasteiger partial charge in [0.05, 0.1) is 12.0 Å². The van der Waals surface area contributed by atoms with E-state index in [4.69, 9.17) is 15.6 Å². The second-order valence-electron chi connectivity index (χ2n) is 4.98. The first-order valence-electron chi connectivity index (χ1n) is 6.73. The van der Waals surface area contributed by atoms with Crippen molar-refractivity contribution in [1.82, 2.24) is 9.97 Å². The van der Waals surface area contributed by atoms with Crippen LogP contribution in [0.4, 0.5) is 5.82 Å². The number of nitrogens with zero attached hydrogens (tertiary/aromatic N) is 1. The van der Waals surface area contributed by atoms with Gasteiger partial charge < -0.3 is 20.6 Å². The van der Waals surface area contributed by atoms with Gasteiger partial charge in [-0.3, -0.25) is 9.59 Å². The molecule has 2 rings (SSSR count). The summed E-state index contributed by atoms with van der Waals surface area (Å²) in [7, 11) is 0. The van der Waals surface area contributed by atoms with Gasteiger partial charge in [0.1, 0.15) is 17.2 Å². The van der Waals surface area contributed by atoms with Gasteiger partial charge in [-0.05, 0) is 32.6 Å². The highest BCUT2D eigenvalue weighted by Gasteiger charge is 2.39. The van der Waals surface area contributed by atoms with E-state index >= 15 is 0 Å². The number of hydrogen-bond donors (Lipinski definition) is 3. The molecule has 0 aliphatic heterocycles. The molecule has 0 bridgehead atoms. The van der Waals surface area contributed by atoms with E-state index in [1.807, 2.05) is 6.92 Å². The number of nitrogens with one attached hydrogen (secondary N) is 1. The van der Waals surface area contributed by atoms with E-state index in [9.17, 15) is 9.59 Å². The molecule has 1 aliphatic rings. The lowest BCUT2D eigenvalue weighted by atomic mass is 10.0. The SMILES string of the molecule is CCOC1(c2nc(N)c(CC(=O)O)c(=O)[nH]2)CCCC1. The van der Waals surface area contributed by atoms with Crippen LogP contribution in [0.5, 0.6) is 0 Å². The number of carboxylic acid groups (broad SMARTS) is 1. The van der Waals surface area contributed by atoms with Crippen LogP contribution in [0.1, 0.15) is 44.0 Å². The zero-order chi connectivity index (χ0) is 14.8. The Morgan fingerprint density at radius 1 is 1.50 bits per heavy atom. The number of ether oxygens (including phenoxy) is 1. The van der Waals surface area contributed by atoms with Crippen molar-refractivity contribution in [2.75, 3.05) is 12.3 Å². The van der Waals surface area contributed by atoms with Gasteiger partial charge in [0.2, 0.25) is 0 Å². The molecule has 0 radical (unpaired) electrons. The van der Waals surface area contributed by atoms with Crippen molar-refractivity contribution in [2.45, 2.75) is 44.6 Å². The van der Waals surface area contributed by atoms with Crippen LogP contribution in [0.2, 0.25) is 0 Å². The number of rotatable bonds is 5. The minimum atomic E-state index is -1.11. The Balaban J connectivity index is 2.43. The molecule has 1 heterocycles. The van der Waals surface area contributed by atoms with E-state index in [1.165, 1.54) is 0 Å². The molecule has 0 spiro atoms. The Morgan fingerprint density at radius 3 is 2.65 bits per heavy atom. The molecule has 1 aromatic rings. The van der Waals surface area contributed by atoms with Gasteiger partial charge in [-0.1, -0.05) is 0 Å². The molecule has 4 N–H and O–H groups in total. The lowest BCUT2D eigenvalue weighted by molar-refractivity contribution is -0.136. The van der Waals surface area contributed by atoms with Gasteiger partial charge in [-0.25, -0.2) is 4.98 Å². The van der Waals surface area contributed by atoms with Gasteiger partial charge in [0, 0.05) is 6.61 Å². The summed E-state index contributed by atoms with van der Waals surface area (Å²) in [6.07, 6.45) is 3.13. The molecule has 0 atom stereocenters. The van der Waals surface area contributed by atoms with Gasteiger partial charge >= 0.3 is 5.97 Å². The van der Waals surface area contributed by atoms with Crippen molar-refractivity contribution in [2.24, 2.45) is 0 Å². The molecule has 7 heteroatoms. The van der Waals surface area contributed by atoms with Crippen LogP contribution in [0.3, 0.4) is 0 Å². The molecular weight excluding hydrogens is 262 g/mol. The predicted molar refractivity (Wildman–Crippen MR) is 72.4 cm³/mol. The molecule has 0 amide bonds. The van der Waals surface area contributed by atoms with Crippen molar-refractivity contribution >= 4 is 11.8 Å². The summed E-state index contributed by atoms with van der Waals surface area (Å²) >= 11 is 0. The number of aromatic amines is 1. The van der Waals surface area contributed by atoms with Crippen molar-refractivity contribution in [3.8, 4) is 0 Å². The lowest BCUT2D eigenvalue weighted by Gasteiger charge is -2.28. The van der Waals surface area contributed by atoms with Gasteiger partial charge in [0.25, 0.3) is 5.56 Å². The number of carbonyl (C=O) groups is 1. The Labute approximate surface area is 116 Å². The number of anilines is 1. The van der Waals surface area contributed by atoms with E-state index < -0.39 is 23.6 Å². The van der Waals surface area contributed by atoms with Crippen LogP contribution in [-0.2, 0) is 21.6 Å². The number of aromatic nitrogens is 2. The van der Waals surface area contributed by atoms with Crippen molar-refractivity contribution in [1.29, 1.82) is 0 Å². The third kappa shape index (κ3) is 2.67. The van der Waals surface area contributed by atoms with E-state index in [0.717, 1.165) is 25.7 Å². The quantitative estimate of drug-likeness (QED) is 0.734. The minimum Gasteiger partial charge on any atom is -0.481 e. The fourth-order valence-corrected chi connectivity index (χ4v) is 2.72. The van der Waals surface area contributed by atoms with E-state index in [-0.39, 0.29) is 11.4 Å². The zero-order valence-corrected chi connectivity index (χ0v) is 11.4. The highest BCUT2D eigenvalue weighted by molar-refractivity contribution is 5.71. The van der Waals surface area contributed by atoms with Crippen LogP contribution in [0.15, 0.2) is 4.79 Å². The van der Waals surface area contributed by atoms with Gasteiger partial charge in [-0.15, -0.1) is 0 Å². The Kier molecular flexibility index (Phi) is 4.08. The number of H-pyrrole nitrogens is 1. The normalized spacial score (nSPS) is 17.2. The third-order valence-corrected chi connectivity index (χ3v) is 3.64. The Morgan fingerprint density at radius 2 is 2.15 bits per heavy atom. The summed E-state index contributed by atoms with van der Waals surface area (Å²) in [5.74, 6) is -0.734. The smallest absolute Gasteiger partial charge is 0.308 e. The number of hydrogen-bond acceptors (Lipinski definition) is 5. The molecule has 0 aromatic carbocycles. The first-order valence-corrected chi connectivity index (χ1v) is 6.73. The molecule has 110 valence electrons. The first-order chi connectivity index (χ1) is 9.48. The van der Waals surface area contributed by atoms with E-state index in [0.29, 0.717) is 12.4 Å². The molecule has 1 aliphatic carbocycles. The number of carboxylic acids is 1.